The van der Waals surface area contributed by atoms with E-state index in [2.05, 4.69) is 15.2 Å². The van der Waals surface area contributed by atoms with E-state index in [1.165, 1.54) is 0 Å². The normalized spacial score (nSPS) is 18.9. The average Bonchev–Trinajstić information content (AvgIpc) is 3.49. The van der Waals surface area contributed by atoms with Crippen molar-refractivity contribution in [2.24, 2.45) is 0 Å². The second kappa shape index (κ2) is 7.67. The van der Waals surface area contributed by atoms with Crippen LogP contribution in [0, 0.1) is 13.8 Å². The molecule has 168 valence electrons. The molecule has 1 aromatic carbocycles. The van der Waals surface area contributed by atoms with Crippen molar-refractivity contribution in [2.75, 3.05) is 18.1 Å². The fourth-order valence-corrected chi connectivity index (χ4v) is 5.03. The average molecular weight is 463 g/mol. The van der Waals surface area contributed by atoms with E-state index < -0.39 is 0 Å². The summed E-state index contributed by atoms with van der Waals surface area (Å²) in [6.07, 6.45) is 3.72. The lowest BCUT2D eigenvalue weighted by molar-refractivity contribution is 0.0836. The maximum Gasteiger partial charge on any atom is 0.279 e. The molecule has 4 aromatic rings. The number of aryl methyl sites for hydroxylation is 2. The van der Waals surface area contributed by atoms with Gasteiger partial charge in [0.2, 0.25) is 0 Å². The Morgan fingerprint density at radius 3 is 2.64 bits per heavy atom. The third-order valence-electron chi connectivity index (χ3n) is 6.62. The van der Waals surface area contributed by atoms with Crippen LogP contribution in [0.2, 0.25) is 5.02 Å². The summed E-state index contributed by atoms with van der Waals surface area (Å²) in [5.41, 5.74) is 4.77. The van der Waals surface area contributed by atoms with Gasteiger partial charge in [0.05, 0.1) is 11.4 Å². The maximum absolute atomic E-state index is 13.8. The van der Waals surface area contributed by atoms with Crippen molar-refractivity contribution in [3.63, 3.8) is 0 Å². The molecule has 1 fully saturated rings. The predicted molar refractivity (Wildman–Crippen MR) is 124 cm³/mol. The van der Waals surface area contributed by atoms with E-state index in [1.54, 1.807) is 4.90 Å². The number of fused-ring (bicyclic) bond motifs is 2. The zero-order chi connectivity index (χ0) is 22.7. The summed E-state index contributed by atoms with van der Waals surface area (Å²) >= 11 is 6.17. The summed E-state index contributed by atoms with van der Waals surface area (Å²) in [7, 11) is 0. The van der Waals surface area contributed by atoms with Gasteiger partial charge in [0.15, 0.2) is 11.3 Å². The zero-order valence-electron chi connectivity index (χ0n) is 18.4. The largest absolute Gasteiger partial charge is 0.381 e. The lowest BCUT2D eigenvalue weighted by Crippen LogP contribution is -2.30. The number of hydrogen-bond acceptors (Lipinski definition) is 5. The Bertz CT molecular complexity index is 1370. The number of hydrogen-bond donors (Lipinski definition) is 1. The predicted octanol–water partition coefficient (Wildman–Crippen LogP) is 4.37. The number of halogens is 1. The van der Waals surface area contributed by atoms with Crippen molar-refractivity contribution >= 4 is 28.8 Å². The Morgan fingerprint density at radius 2 is 1.88 bits per heavy atom. The van der Waals surface area contributed by atoms with Crippen LogP contribution in [0.15, 0.2) is 36.5 Å². The summed E-state index contributed by atoms with van der Waals surface area (Å²) in [5.74, 6) is 1.79. The van der Waals surface area contributed by atoms with E-state index in [0.29, 0.717) is 23.9 Å². The number of carbonyl (C=O) groups excluding carboxylic acids is 1. The number of anilines is 1. The van der Waals surface area contributed by atoms with E-state index in [4.69, 9.17) is 21.3 Å². The third-order valence-corrected chi connectivity index (χ3v) is 6.87. The van der Waals surface area contributed by atoms with Crippen LogP contribution < -0.4 is 4.90 Å². The quantitative estimate of drug-likeness (QED) is 0.488. The lowest BCUT2D eigenvalue weighted by Gasteiger charge is -2.27. The number of H-pyrrole nitrogens is 1. The summed E-state index contributed by atoms with van der Waals surface area (Å²) in [6.45, 7) is 5.31. The number of pyridine rings is 1. The van der Waals surface area contributed by atoms with E-state index >= 15 is 0 Å². The molecule has 1 atom stereocenters. The first kappa shape index (κ1) is 20.4. The second-order valence-electron chi connectivity index (χ2n) is 8.72. The SMILES string of the molecule is Cc1cc(N2C(=O)c3nc(C4CCOCC4)[nH]c3[C@H]2c2ccc(Cl)cc2)cn2c(C)nnc12. The Labute approximate surface area is 195 Å². The molecular weight excluding hydrogens is 440 g/mol. The molecule has 9 heteroatoms. The van der Waals surface area contributed by atoms with Gasteiger partial charge < -0.3 is 9.72 Å². The molecule has 0 saturated carbocycles. The van der Waals surface area contributed by atoms with E-state index in [0.717, 1.165) is 52.6 Å². The van der Waals surface area contributed by atoms with Gasteiger partial charge in [0.1, 0.15) is 17.7 Å². The van der Waals surface area contributed by atoms with Gasteiger partial charge in [-0.2, -0.15) is 0 Å². The molecule has 0 bridgehead atoms. The Morgan fingerprint density at radius 1 is 1.12 bits per heavy atom. The van der Waals surface area contributed by atoms with Gasteiger partial charge >= 0.3 is 0 Å². The Kier molecular flexibility index (Phi) is 4.74. The van der Waals surface area contributed by atoms with Crippen LogP contribution in [0.5, 0.6) is 0 Å². The number of aromatic nitrogens is 5. The number of imidazole rings is 1. The minimum absolute atomic E-state index is 0.121. The molecule has 1 N–H and O–H groups in total. The van der Waals surface area contributed by atoms with Gasteiger partial charge in [-0.15, -0.1) is 10.2 Å². The molecule has 8 nitrogen and oxygen atoms in total. The third kappa shape index (κ3) is 3.24. The number of aromatic amines is 1. The zero-order valence-corrected chi connectivity index (χ0v) is 19.1. The van der Waals surface area contributed by atoms with Crippen molar-refractivity contribution in [1.82, 2.24) is 24.6 Å². The minimum Gasteiger partial charge on any atom is -0.381 e. The Balaban J connectivity index is 1.50. The molecule has 5 heterocycles. The van der Waals surface area contributed by atoms with Gasteiger partial charge in [0, 0.05) is 30.4 Å². The molecule has 3 aromatic heterocycles. The number of amides is 1. The maximum atomic E-state index is 13.8. The van der Waals surface area contributed by atoms with Gasteiger partial charge in [-0.3, -0.25) is 14.1 Å². The number of rotatable bonds is 3. The van der Waals surface area contributed by atoms with Crippen molar-refractivity contribution in [3.8, 4) is 0 Å². The highest BCUT2D eigenvalue weighted by atomic mass is 35.5. The summed E-state index contributed by atoms with van der Waals surface area (Å²) in [5, 5.41) is 9.09. The number of carbonyl (C=O) groups is 1. The first-order valence-corrected chi connectivity index (χ1v) is 11.5. The smallest absolute Gasteiger partial charge is 0.279 e. The summed E-state index contributed by atoms with van der Waals surface area (Å²) in [4.78, 5) is 23.9. The van der Waals surface area contributed by atoms with Crippen LogP contribution in [0.3, 0.4) is 0 Å². The first-order valence-electron chi connectivity index (χ1n) is 11.1. The highest BCUT2D eigenvalue weighted by Gasteiger charge is 2.43. The van der Waals surface area contributed by atoms with E-state index in [9.17, 15) is 4.79 Å². The number of nitrogens with one attached hydrogen (secondary N) is 1. The van der Waals surface area contributed by atoms with Gasteiger partial charge in [-0.05, 0) is 56.0 Å². The molecule has 0 radical (unpaired) electrons. The fraction of sp³-hybridized carbons (Fsp3) is 0.333. The van der Waals surface area contributed by atoms with Crippen LogP contribution in [-0.4, -0.2) is 43.7 Å². The standard InChI is InChI=1S/C24H23ClN6O2/c1-13-11-18(12-30-14(2)28-29-23(13)30)31-21(15-3-5-17(25)6-4-15)19-20(24(31)32)27-22(26-19)16-7-9-33-10-8-16/h3-6,11-12,16,21H,7-10H2,1-2H3,(H,26,27)/t21-/m1/s1. The molecule has 0 spiro atoms. The molecule has 2 aliphatic rings. The summed E-state index contributed by atoms with van der Waals surface area (Å²) < 4.78 is 7.42. The molecule has 1 amide bonds. The summed E-state index contributed by atoms with van der Waals surface area (Å²) in [6, 6.07) is 9.28. The molecule has 0 aliphatic carbocycles. The lowest BCUT2D eigenvalue weighted by atomic mass is 9.99. The van der Waals surface area contributed by atoms with E-state index in [-0.39, 0.29) is 17.9 Å². The number of ether oxygens (including phenoxy) is 1. The van der Waals surface area contributed by atoms with Crippen LogP contribution in [0.25, 0.3) is 5.65 Å². The Hall–Kier alpha value is -3.23. The van der Waals surface area contributed by atoms with Crippen molar-refractivity contribution in [2.45, 2.75) is 38.6 Å². The molecule has 1 saturated heterocycles. The van der Waals surface area contributed by atoms with Crippen LogP contribution in [0.1, 0.15) is 63.8 Å². The highest BCUT2D eigenvalue weighted by Crippen LogP contribution is 2.42. The number of nitrogens with zero attached hydrogens (tertiary/aromatic N) is 5. The topological polar surface area (TPSA) is 88.4 Å². The molecule has 33 heavy (non-hydrogen) atoms. The first-order chi connectivity index (χ1) is 16.0. The molecular formula is C24H23ClN6O2. The second-order valence-corrected chi connectivity index (χ2v) is 9.16. The fourth-order valence-electron chi connectivity index (χ4n) is 4.90. The van der Waals surface area contributed by atoms with Gasteiger partial charge in [-0.25, -0.2) is 4.98 Å². The van der Waals surface area contributed by atoms with Crippen LogP contribution in [0.4, 0.5) is 5.69 Å². The number of benzene rings is 1. The van der Waals surface area contributed by atoms with Gasteiger partial charge in [-0.1, -0.05) is 23.7 Å². The monoisotopic (exact) mass is 462 g/mol. The van der Waals surface area contributed by atoms with Crippen molar-refractivity contribution < 1.29 is 9.53 Å². The minimum atomic E-state index is -0.334. The van der Waals surface area contributed by atoms with Gasteiger partial charge in [0.25, 0.3) is 5.91 Å². The van der Waals surface area contributed by atoms with Crippen molar-refractivity contribution in [3.05, 3.63) is 75.7 Å². The van der Waals surface area contributed by atoms with Crippen LogP contribution >= 0.6 is 11.6 Å². The molecule has 0 unspecified atom stereocenters. The van der Waals surface area contributed by atoms with E-state index in [1.807, 2.05) is 54.8 Å². The molecule has 2 aliphatic heterocycles. The highest BCUT2D eigenvalue weighted by molar-refractivity contribution is 6.30. The van der Waals surface area contributed by atoms with Crippen molar-refractivity contribution in [1.29, 1.82) is 0 Å². The van der Waals surface area contributed by atoms with Crippen LogP contribution in [-0.2, 0) is 4.74 Å². The molecule has 6 rings (SSSR count).